The van der Waals surface area contributed by atoms with Gasteiger partial charge in [-0.3, -0.25) is 9.69 Å². The van der Waals surface area contributed by atoms with E-state index in [0.717, 1.165) is 22.2 Å². The number of urea groups is 1. The van der Waals surface area contributed by atoms with Gasteiger partial charge >= 0.3 is 6.03 Å². The zero-order chi connectivity index (χ0) is 21.5. The van der Waals surface area contributed by atoms with Gasteiger partial charge in [0.15, 0.2) is 5.72 Å². The summed E-state index contributed by atoms with van der Waals surface area (Å²) in [4.78, 5) is 27.2. The van der Waals surface area contributed by atoms with Crippen LogP contribution in [0.25, 0.3) is 0 Å². The SMILES string of the molecule is CC(C)CCNC(=O)c1cccc(N2C(=O)N[C@@H]3C[C@@]2(C)Oc2ccc(Br)cc23)c1. The third kappa shape index (κ3) is 3.90. The lowest BCUT2D eigenvalue weighted by Gasteiger charge is -2.50. The summed E-state index contributed by atoms with van der Waals surface area (Å²) in [5, 5.41) is 6.04. The number of carbonyl (C=O) groups is 2. The molecule has 2 N–H and O–H groups in total. The van der Waals surface area contributed by atoms with Gasteiger partial charge in [0, 0.05) is 28.6 Å². The predicted octanol–water partition coefficient (Wildman–Crippen LogP) is 4.99. The van der Waals surface area contributed by atoms with Crippen LogP contribution in [0.1, 0.15) is 55.6 Å². The number of hydrogen-bond acceptors (Lipinski definition) is 3. The number of nitrogens with zero attached hydrogens (tertiary/aromatic N) is 1. The largest absolute Gasteiger partial charge is 0.467 e. The highest BCUT2D eigenvalue weighted by Gasteiger charge is 2.49. The molecule has 0 aromatic heterocycles. The molecule has 0 saturated carbocycles. The monoisotopic (exact) mass is 471 g/mol. The van der Waals surface area contributed by atoms with Crippen molar-refractivity contribution in [3.8, 4) is 5.75 Å². The molecule has 0 unspecified atom stereocenters. The van der Waals surface area contributed by atoms with Crippen LogP contribution >= 0.6 is 15.9 Å². The number of carbonyl (C=O) groups excluding carboxylic acids is 2. The van der Waals surface area contributed by atoms with Crippen molar-refractivity contribution in [2.45, 2.75) is 45.4 Å². The Morgan fingerprint density at radius 3 is 2.90 bits per heavy atom. The molecule has 0 spiro atoms. The molecule has 1 saturated heterocycles. The maximum atomic E-state index is 13.1. The number of hydrogen-bond donors (Lipinski definition) is 2. The molecule has 3 amide bonds. The first kappa shape index (κ1) is 20.7. The molecule has 6 nitrogen and oxygen atoms in total. The van der Waals surface area contributed by atoms with E-state index in [1.54, 1.807) is 23.1 Å². The number of benzene rings is 2. The zero-order valence-corrected chi connectivity index (χ0v) is 19.0. The molecule has 2 aromatic rings. The molecule has 2 atom stereocenters. The van der Waals surface area contributed by atoms with E-state index in [-0.39, 0.29) is 18.0 Å². The summed E-state index contributed by atoms with van der Waals surface area (Å²) >= 11 is 3.49. The minimum absolute atomic E-state index is 0.123. The van der Waals surface area contributed by atoms with Gasteiger partial charge < -0.3 is 15.4 Å². The smallest absolute Gasteiger partial charge is 0.325 e. The molecule has 0 aliphatic carbocycles. The average Bonchev–Trinajstić information content (AvgIpc) is 2.68. The van der Waals surface area contributed by atoms with Gasteiger partial charge in [0.25, 0.3) is 5.91 Å². The van der Waals surface area contributed by atoms with Crippen LogP contribution in [0.15, 0.2) is 46.9 Å². The normalized spacial score (nSPS) is 22.2. The van der Waals surface area contributed by atoms with E-state index in [4.69, 9.17) is 4.74 Å². The van der Waals surface area contributed by atoms with Crippen molar-refractivity contribution in [1.82, 2.24) is 10.6 Å². The van der Waals surface area contributed by atoms with Crippen molar-refractivity contribution < 1.29 is 14.3 Å². The number of rotatable bonds is 5. The number of nitrogens with one attached hydrogen (secondary N) is 2. The van der Waals surface area contributed by atoms with Crippen LogP contribution in [0.4, 0.5) is 10.5 Å². The van der Waals surface area contributed by atoms with Crippen LogP contribution < -0.4 is 20.3 Å². The van der Waals surface area contributed by atoms with Crippen molar-refractivity contribution in [2.75, 3.05) is 11.4 Å². The van der Waals surface area contributed by atoms with Crippen molar-refractivity contribution in [2.24, 2.45) is 5.92 Å². The lowest BCUT2D eigenvalue weighted by atomic mass is 9.90. The van der Waals surface area contributed by atoms with E-state index >= 15 is 0 Å². The van der Waals surface area contributed by atoms with Crippen molar-refractivity contribution in [3.63, 3.8) is 0 Å². The van der Waals surface area contributed by atoms with Crippen LogP contribution in [-0.4, -0.2) is 24.2 Å². The maximum absolute atomic E-state index is 13.1. The standard InChI is InChI=1S/C23H26BrN3O3/c1-14(2)9-10-25-21(28)15-5-4-6-17(11-15)27-22(29)26-19-13-23(27,3)30-20-8-7-16(24)12-18(19)20/h4-8,11-12,14,19H,9-10,13H2,1-3H3,(H,25,28)(H,26,29)/t19-,23-/m1/s1. The fourth-order valence-electron chi connectivity index (χ4n) is 4.10. The molecule has 158 valence electrons. The Labute approximate surface area is 185 Å². The van der Waals surface area contributed by atoms with Gasteiger partial charge in [-0.25, -0.2) is 4.79 Å². The molecule has 2 bridgehead atoms. The Morgan fingerprint density at radius 2 is 2.13 bits per heavy atom. The first-order valence-electron chi connectivity index (χ1n) is 10.2. The fourth-order valence-corrected chi connectivity index (χ4v) is 4.48. The average molecular weight is 472 g/mol. The molecule has 2 aliphatic rings. The first-order valence-corrected chi connectivity index (χ1v) is 11.0. The number of amides is 3. The first-order chi connectivity index (χ1) is 14.3. The topological polar surface area (TPSA) is 70.7 Å². The molecular formula is C23H26BrN3O3. The van der Waals surface area contributed by atoms with Crippen LogP contribution in [0.5, 0.6) is 5.75 Å². The molecule has 4 rings (SSSR count). The Balaban J connectivity index is 1.61. The molecule has 1 fully saturated rings. The van der Waals surface area contributed by atoms with Gasteiger partial charge in [0.2, 0.25) is 0 Å². The Hall–Kier alpha value is -2.54. The molecule has 2 aliphatic heterocycles. The van der Waals surface area contributed by atoms with E-state index < -0.39 is 5.72 Å². The molecular weight excluding hydrogens is 446 g/mol. The molecule has 7 heteroatoms. The summed E-state index contributed by atoms with van der Waals surface area (Å²) in [5.41, 5.74) is 1.27. The number of fused-ring (bicyclic) bond motifs is 4. The Kier molecular flexibility index (Phi) is 5.49. The van der Waals surface area contributed by atoms with Crippen molar-refractivity contribution in [3.05, 3.63) is 58.1 Å². The summed E-state index contributed by atoms with van der Waals surface area (Å²) in [6.07, 6.45) is 1.52. The highest BCUT2D eigenvalue weighted by atomic mass is 79.9. The maximum Gasteiger partial charge on any atom is 0.325 e. The van der Waals surface area contributed by atoms with Gasteiger partial charge in [-0.1, -0.05) is 35.8 Å². The number of halogens is 1. The van der Waals surface area contributed by atoms with Crippen LogP contribution in [0.2, 0.25) is 0 Å². The summed E-state index contributed by atoms with van der Waals surface area (Å²) in [6, 6.07) is 12.6. The lowest BCUT2D eigenvalue weighted by Crippen LogP contribution is -2.65. The summed E-state index contributed by atoms with van der Waals surface area (Å²) in [7, 11) is 0. The Bertz CT molecular complexity index is 993. The second-order valence-electron chi connectivity index (χ2n) is 8.49. The third-order valence-electron chi connectivity index (χ3n) is 5.61. The highest BCUT2D eigenvalue weighted by Crippen LogP contribution is 2.46. The van der Waals surface area contributed by atoms with Gasteiger partial charge in [0.1, 0.15) is 5.75 Å². The van der Waals surface area contributed by atoms with Gasteiger partial charge in [-0.05, 0) is 55.7 Å². The summed E-state index contributed by atoms with van der Waals surface area (Å²) in [5.74, 6) is 1.13. The van der Waals surface area contributed by atoms with Crippen molar-refractivity contribution in [1.29, 1.82) is 0 Å². The minimum Gasteiger partial charge on any atom is -0.467 e. The van der Waals surface area contributed by atoms with Crippen molar-refractivity contribution >= 4 is 33.6 Å². The predicted molar refractivity (Wildman–Crippen MR) is 120 cm³/mol. The highest BCUT2D eigenvalue weighted by molar-refractivity contribution is 9.10. The van der Waals surface area contributed by atoms with Crippen LogP contribution in [-0.2, 0) is 0 Å². The van der Waals surface area contributed by atoms with E-state index in [0.29, 0.717) is 30.1 Å². The second-order valence-corrected chi connectivity index (χ2v) is 9.41. The van der Waals surface area contributed by atoms with Gasteiger partial charge in [0.05, 0.1) is 11.7 Å². The molecule has 2 aromatic carbocycles. The zero-order valence-electron chi connectivity index (χ0n) is 17.4. The van der Waals surface area contributed by atoms with Gasteiger partial charge in [-0.15, -0.1) is 0 Å². The quantitative estimate of drug-likeness (QED) is 0.644. The van der Waals surface area contributed by atoms with E-state index in [1.807, 2.05) is 31.2 Å². The van der Waals surface area contributed by atoms with E-state index in [2.05, 4.69) is 40.4 Å². The Morgan fingerprint density at radius 1 is 1.33 bits per heavy atom. The summed E-state index contributed by atoms with van der Waals surface area (Å²) < 4.78 is 7.26. The fraction of sp³-hybridized carbons (Fsp3) is 0.391. The number of ether oxygens (including phenoxy) is 1. The van der Waals surface area contributed by atoms with E-state index in [1.165, 1.54) is 0 Å². The molecule has 30 heavy (non-hydrogen) atoms. The second kappa shape index (κ2) is 7.95. The third-order valence-corrected chi connectivity index (χ3v) is 6.10. The number of anilines is 1. The van der Waals surface area contributed by atoms with Gasteiger partial charge in [-0.2, -0.15) is 0 Å². The summed E-state index contributed by atoms with van der Waals surface area (Å²) in [6.45, 7) is 6.78. The minimum atomic E-state index is -0.847. The van der Waals surface area contributed by atoms with E-state index in [9.17, 15) is 9.59 Å². The van der Waals surface area contributed by atoms with Crippen LogP contribution in [0.3, 0.4) is 0 Å². The molecule has 2 heterocycles. The lowest BCUT2D eigenvalue weighted by molar-refractivity contribution is 0.0378. The molecule has 0 radical (unpaired) electrons. The van der Waals surface area contributed by atoms with Crippen LogP contribution in [0, 0.1) is 5.92 Å².